The number of hydrogen-bond acceptors (Lipinski definition) is 3. The monoisotopic (exact) mass is 325 g/mol. The van der Waals surface area contributed by atoms with Gasteiger partial charge in [0.2, 0.25) is 0 Å². The molecule has 0 fully saturated rings. The van der Waals surface area contributed by atoms with Crippen molar-refractivity contribution < 1.29 is 4.79 Å². The molecule has 1 aromatic carbocycles. The number of aromatic nitrogens is 1. The summed E-state index contributed by atoms with van der Waals surface area (Å²) in [5, 5.41) is 3.34. The van der Waals surface area contributed by atoms with Crippen LogP contribution in [-0.4, -0.2) is 24.0 Å². The van der Waals surface area contributed by atoms with Crippen molar-refractivity contribution in [2.75, 3.05) is 23.3 Å². The maximum Gasteiger partial charge on any atom is 0.259 e. The molecule has 24 heavy (non-hydrogen) atoms. The van der Waals surface area contributed by atoms with E-state index in [1.807, 2.05) is 44.2 Å². The molecule has 0 saturated carbocycles. The van der Waals surface area contributed by atoms with Crippen molar-refractivity contribution in [1.29, 1.82) is 0 Å². The average molecular weight is 325 g/mol. The SMILES string of the molecule is CCN(C(=O)c1cncc(NCCC(C)C)c1)c1cccc(C)c1. The standard InChI is InChI=1S/C20H27N3O/c1-5-23(19-8-6-7-16(4)11-19)20(24)17-12-18(14-21-13-17)22-10-9-15(2)3/h6-8,11-15,22H,5,9-10H2,1-4H3. The third-order valence-electron chi connectivity index (χ3n) is 3.91. The van der Waals surface area contributed by atoms with Gasteiger partial charge in [-0.2, -0.15) is 0 Å². The zero-order chi connectivity index (χ0) is 17.5. The Morgan fingerprint density at radius 1 is 1.25 bits per heavy atom. The fourth-order valence-corrected chi connectivity index (χ4v) is 2.55. The molecule has 0 radical (unpaired) electrons. The smallest absolute Gasteiger partial charge is 0.259 e. The molecule has 1 aromatic heterocycles. The fourth-order valence-electron chi connectivity index (χ4n) is 2.55. The Bertz CT molecular complexity index is 682. The first-order chi connectivity index (χ1) is 11.5. The van der Waals surface area contributed by atoms with Crippen molar-refractivity contribution in [3.63, 3.8) is 0 Å². The summed E-state index contributed by atoms with van der Waals surface area (Å²) in [7, 11) is 0. The van der Waals surface area contributed by atoms with Crippen LogP contribution in [0.4, 0.5) is 11.4 Å². The molecular weight excluding hydrogens is 298 g/mol. The molecule has 4 nitrogen and oxygen atoms in total. The van der Waals surface area contributed by atoms with Crippen molar-refractivity contribution in [2.45, 2.75) is 34.1 Å². The molecule has 0 bridgehead atoms. The number of amides is 1. The molecule has 4 heteroatoms. The highest BCUT2D eigenvalue weighted by molar-refractivity contribution is 6.06. The van der Waals surface area contributed by atoms with Crippen LogP contribution in [0.25, 0.3) is 0 Å². The second-order valence-corrected chi connectivity index (χ2v) is 6.46. The van der Waals surface area contributed by atoms with Crippen LogP contribution in [0.2, 0.25) is 0 Å². The van der Waals surface area contributed by atoms with Gasteiger partial charge in [0.15, 0.2) is 0 Å². The Morgan fingerprint density at radius 3 is 2.71 bits per heavy atom. The van der Waals surface area contributed by atoms with E-state index in [-0.39, 0.29) is 5.91 Å². The summed E-state index contributed by atoms with van der Waals surface area (Å²) in [5.74, 6) is 0.621. The molecule has 0 aliphatic rings. The van der Waals surface area contributed by atoms with E-state index in [0.29, 0.717) is 18.0 Å². The van der Waals surface area contributed by atoms with Gasteiger partial charge in [-0.1, -0.05) is 26.0 Å². The first kappa shape index (κ1) is 18.0. The van der Waals surface area contributed by atoms with Crippen LogP contribution in [0.1, 0.15) is 43.1 Å². The molecule has 1 N–H and O–H groups in total. The van der Waals surface area contributed by atoms with Gasteiger partial charge in [0.25, 0.3) is 5.91 Å². The second kappa shape index (κ2) is 8.48. The number of aryl methyl sites for hydroxylation is 1. The highest BCUT2D eigenvalue weighted by atomic mass is 16.2. The van der Waals surface area contributed by atoms with E-state index in [1.54, 1.807) is 17.3 Å². The van der Waals surface area contributed by atoms with Gasteiger partial charge in [0.05, 0.1) is 11.3 Å². The number of pyridine rings is 1. The quantitative estimate of drug-likeness (QED) is 0.814. The Hall–Kier alpha value is -2.36. The highest BCUT2D eigenvalue weighted by Crippen LogP contribution is 2.19. The van der Waals surface area contributed by atoms with Gasteiger partial charge in [-0.05, 0) is 49.9 Å². The van der Waals surface area contributed by atoms with E-state index in [1.165, 1.54) is 0 Å². The Labute approximate surface area is 144 Å². The molecule has 2 rings (SSSR count). The highest BCUT2D eigenvalue weighted by Gasteiger charge is 2.17. The van der Waals surface area contributed by atoms with Crippen molar-refractivity contribution >= 4 is 17.3 Å². The van der Waals surface area contributed by atoms with Gasteiger partial charge in [0, 0.05) is 31.2 Å². The maximum absolute atomic E-state index is 12.9. The second-order valence-electron chi connectivity index (χ2n) is 6.46. The fraction of sp³-hybridized carbons (Fsp3) is 0.400. The Morgan fingerprint density at radius 2 is 2.04 bits per heavy atom. The lowest BCUT2D eigenvalue weighted by Crippen LogP contribution is -2.30. The Kier molecular flexibility index (Phi) is 6.36. The van der Waals surface area contributed by atoms with Crippen LogP contribution in [0.15, 0.2) is 42.7 Å². The summed E-state index contributed by atoms with van der Waals surface area (Å²) in [6.45, 7) is 9.91. The molecule has 1 amide bonds. The van der Waals surface area contributed by atoms with Gasteiger partial charge in [0.1, 0.15) is 0 Å². The van der Waals surface area contributed by atoms with Gasteiger partial charge < -0.3 is 10.2 Å². The summed E-state index contributed by atoms with van der Waals surface area (Å²) >= 11 is 0. The van der Waals surface area contributed by atoms with Gasteiger partial charge in [-0.3, -0.25) is 9.78 Å². The molecule has 128 valence electrons. The number of carbonyl (C=O) groups excluding carboxylic acids is 1. The predicted molar refractivity (Wildman–Crippen MR) is 101 cm³/mol. The molecule has 0 atom stereocenters. The lowest BCUT2D eigenvalue weighted by atomic mass is 10.1. The van der Waals surface area contributed by atoms with E-state index in [4.69, 9.17) is 0 Å². The van der Waals surface area contributed by atoms with Crippen LogP contribution in [0.5, 0.6) is 0 Å². The zero-order valence-electron chi connectivity index (χ0n) is 15.0. The molecule has 1 heterocycles. The normalized spacial score (nSPS) is 10.7. The number of nitrogens with zero attached hydrogens (tertiary/aromatic N) is 2. The third-order valence-corrected chi connectivity index (χ3v) is 3.91. The van der Waals surface area contributed by atoms with Crippen molar-refractivity contribution in [3.05, 3.63) is 53.9 Å². The summed E-state index contributed by atoms with van der Waals surface area (Å²) in [6, 6.07) is 9.88. The summed E-state index contributed by atoms with van der Waals surface area (Å²) < 4.78 is 0. The summed E-state index contributed by atoms with van der Waals surface area (Å²) in [4.78, 5) is 18.9. The first-order valence-electron chi connectivity index (χ1n) is 8.58. The van der Waals surface area contributed by atoms with Crippen molar-refractivity contribution in [2.24, 2.45) is 5.92 Å². The largest absolute Gasteiger partial charge is 0.384 e. The molecule has 0 spiro atoms. The zero-order valence-corrected chi connectivity index (χ0v) is 15.0. The van der Waals surface area contributed by atoms with Crippen LogP contribution in [0.3, 0.4) is 0 Å². The molecular formula is C20H27N3O. The van der Waals surface area contributed by atoms with Crippen LogP contribution >= 0.6 is 0 Å². The van der Waals surface area contributed by atoms with Crippen molar-refractivity contribution in [3.8, 4) is 0 Å². The van der Waals surface area contributed by atoms with Crippen molar-refractivity contribution in [1.82, 2.24) is 4.98 Å². The molecule has 0 unspecified atom stereocenters. The minimum Gasteiger partial charge on any atom is -0.384 e. The van der Waals surface area contributed by atoms with E-state index in [0.717, 1.165) is 29.9 Å². The summed E-state index contributed by atoms with van der Waals surface area (Å²) in [5.41, 5.74) is 3.55. The van der Waals surface area contributed by atoms with Gasteiger partial charge in [-0.25, -0.2) is 0 Å². The van der Waals surface area contributed by atoms with Crippen LogP contribution in [0, 0.1) is 12.8 Å². The van der Waals surface area contributed by atoms with Gasteiger partial charge >= 0.3 is 0 Å². The van der Waals surface area contributed by atoms with Crippen LogP contribution in [-0.2, 0) is 0 Å². The maximum atomic E-state index is 12.9. The summed E-state index contributed by atoms with van der Waals surface area (Å²) in [6.07, 6.45) is 4.48. The molecule has 0 saturated heterocycles. The minimum atomic E-state index is -0.0249. The van der Waals surface area contributed by atoms with Crippen LogP contribution < -0.4 is 10.2 Å². The minimum absolute atomic E-state index is 0.0249. The molecule has 0 aliphatic heterocycles. The first-order valence-corrected chi connectivity index (χ1v) is 8.58. The number of hydrogen-bond donors (Lipinski definition) is 1. The number of carbonyl (C=O) groups is 1. The van der Waals surface area contributed by atoms with E-state index >= 15 is 0 Å². The molecule has 2 aromatic rings. The number of rotatable bonds is 7. The number of benzene rings is 1. The lowest BCUT2D eigenvalue weighted by Gasteiger charge is -2.21. The van der Waals surface area contributed by atoms with E-state index < -0.39 is 0 Å². The number of nitrogens with one attached hydrogen (secondary N) is 1. The molecule has 0 aliphatic carbocycles. The Balaban J connectivity index is 2.15. The third kappa shape index (κ3) is 4.82. The van der Waals surface area contributed by atoms with E-state index in [2.05, 4.69) is 24.1 Å². The topological polar surface area (TPSA) is 45.2 Å². The lowest BCUT2D eigenvalue weighted by molar-refractivity contribution is 0.0988. The average Bonchev–Trinajstić information content (AvgIpc) is 2.55. The number of anilines is 2. The van der Waals surface area contributed by atoms with Gasteiger partial charge in [-0.15, -0.1) is 0 Å². The predicted octanol–water partition coefficient (Wildman–Crippen LogP) is 4.51. The van der Waals surface area contributed by atoms with E-state index in [9.17, 15) is 4.79 Å².